The molecule has 1 aliphatic rings. The van der Waals surface area contributed by atoms with Crippen LogP contribution < -0.4 is 10.6 Å². The summed E-state index contributed by atoms with van der Waals surface area (Å²) >= 11 is 3.00. The molecule has 1 unspecified atom stereocenters. The number of hydrogen-bond donors (Lipinski definition) is 2. The molecule has 1 fully saturated rings. The quantitative estimate of drug-likeness (QED) is 0.752. The second-order valence-electron chi connectivity index (χ2n) is 5.40. The normalized spacial score (nSPS) is 17.4. The summed E-state index contributed by atoms with van der Waals surface area (Å²) in [5.41, 5.74) is 0. The van der Waals surface area contributed by atoms with Crippen LogP contribution in [0.3, 0.4) is 0 Å². The summed E-state index contributed by atoms with van der Waals surface area (Å²) < 4.78 is 0.847. The maximum atomic E-state index is 12.2. The monoisotopic (exact) mass is 328 g/mol. The van der Waals surface area contributed by atoms with E-state index in [4.69, 9.17) is 0 Å². The molecule has 21 heavy (non-hydrogen) atoms. The number of amides is 1. The highest BCUT2D eigenvalue weighted by Gasteiger charge is 2.21. The van der Waals surface area contributed by atoms with Crippen LogP contribution in [0.25, 0.3) is 0 Å². The average Bonchev–Trinajstić information content (AvgIpc) is 2.93. The van der Waals surface area contributed by atoms with E-state index in [0.29, 0.717) is 6.04 Å². The first kappa shape index (κ1) is 16.5. The Morgan fingerprint density at radius 2 is 2.14 bits per heavy atom. The van der Waals surface area contributed by atoms with E-state index in [1.54, 1.807) is 0 Å². The van der Waals surface area contributed by atoms with Crippen molar-refractivity contribution in [1.29, 1.82) is 0 Å². The van der Waals surface area contributed by atoms with E-state index in [2.05, 4.69) is 27.8 Å². The molecule has 1 aromatic rings. The van der Waals surface area contributed by atoms with Crippen LogP contribution in [0.1, 0.15) is 52.4 Å². The zero-order valence-corrected chi connectivity index (χ0v) is 14.4. The molecule has 0 saturated heterocycles. The van der Waals surface area contributed by atoms with Gasteiger partial charge in [0, 0.05) is 12.6 Å². The van der Waals surface area contributed by atoms with Gasteiger partial charge in [-0.25, -0.2) is 0 Å². The van der Waals surface area contributed by atoms with E-state index >= 15 is 0 Å². The van der Waals surface area contributed by atoms with Crippen LogP contribution in [0.5, 0.6) is 0 Å². The number of aromatic nitrogens is 2. The zero-order valence-electron chi connectivity index (χ0n) is 12.7. The van der Waals surface area contributed by atoms with Crippen LogP contribution in [0, 0.1) is 0 Å². The molecule has 1 heterocycles. The molecule has 0 bridgehead atoms. The molecule has 2 rings (SSSR count). The fourth-order valence-corrected chi connectivity index (χ4v) is 4.26. The lowest BCUT2D eigenvalue weighted by atomic mass is 9.95. The van der Waals surface area contributed by atoms with Gasteiger partial charge in [0.05, 0.1) is 5.25 Å². The maximum Gasteiger partial charge on any atom is 0.233 e. The van der Waals surface area contributed by atoms with E-state index in [-0.39, 0.29) is 11.2 Å². The van der Waals surface area contributed by atoms with Gasteiger partial charge < -0.3 is 10.6 Å². The van der Waals surface area contributed by atoms with Crippen molar-refractivity contribution in [3.63, 3.8) is 0 Å². The number of carbonyl (C=O) groups excluding carboxylic acids is 1. The van der Waals surface area contributed by atoms with E-state index in [1.165, 1.54) is 42.4 Å². The van der Waals surface area contributed by atoms with Crippen molar-refractivity contribution >= 4 is 34.1 Å². The van der Waals surface area contributed by atoms with Crippen molar-refractivity contribution in [2.24, 2.45) is 0 Å². The highest BCUT2D eigenvalue weighted by Crippen LogP contribution is 2.29. The predicted molar refractivity (Wildman–Crippen MR) is 89.0 cm³/mol. The van der Waals surface area contributed by atoms with Gasteiger partial charge in [-0.1, -0.05) is 49.3 Å². The molecule has 0 aromatic carbocycles. The van der Waals surface area contributed by atoms with E-state index in [9.17, 15) is 4.79 Å². The van der Waals surface area contributed by atoms with Gasteiger partial charge in [-0.05, 0) is 26.2 Å². The van der Waals surface area contributed by atoms with Crippen molar-refractivity contribution in [1.82, 2.24) is 15.5 Å². The zero-order chi connectivity index (χ0) is 15.1. The van der Waals surface area contributed by atoms with Crippen LogP contribution in [-0.4, -0.2) is 33.9 Å². The Bertz CT molecular complexity index is 446. The lowest BCUT2D eigenvalue weighted by Crippen LogP contribution is -2.40. The largest absolute Gasteiger partial charge is 0.360 e. The summed E-state index contributed by atoms with van der Waals surface area (Å²) in [7, 11) is 0. The van der Waals surface area contributed by atoms with Crippen LogP contribution >= 0.6 is 23.1 Å². The van der Waals surface area contributed by atoms with Crippen molar-refractivity contribution in [3.8, 4) is 0 Å². The van der Waals surface area contributed by atoms with Crippen molar-refractivity contribution in [3.05, 3.63) is 0 Å². The molecular formula is C14H24N4OS2. The van der Waals surface area contributed by atoms with Gasteiger partial charge in [-0.3, -0.25) is 4.79 Å². The molecule has 0 spiro atoms. The Hall–Kier alpha value is -0.820. The summed E-state index contributed by atoms with van der Waals surface area (Å²) in [6.45, 7) is 4.95. The van der Waals surface area contributed by atoms with Crippen molar-refractivity contribution < 1.29 is 4.79 Å². The van der Waals surface area contributed by atoms with Gasteiger partial charge in [0.25, 0.3) is 0 Å². The lowest BCUT2D eigenvalue weighted by molar-refractivity contribution is -0.121. The molecule has 1 amide bonds. The average molecular weight is 329 g/mol. The minimum absolute atomic E-state index is 0.116. The first-order valence-corrected chi connectivity index (χ1v) is 9.43. The number of nitrogens with zero attached hydrogens (tertiary/aromatic N) is 2. The first-order valence-electron chi connectivity index (χ1n) is 7.73. The maximum absolute atomic E-state index is 12.2. The second-order valence-corrected chi connectivity index (χ2v) is 7.97. The predicted octanol–water partition coefficient (Wildman–Crippen LogP) is 3.29. The fraction of sp³-hybridized carbons (Fsp3) is 0.786. The van der Waals surface area contributed by atoms with Gasteiger partial charge >= 0.3 is 0 Å². The molecule has 1 atom stereocenters. The lowest BCUT2D eigenvalue weighted by Gasteiger charge is -2.24. The summed E-state index contributed by atoms with van der Waals surface area (Å²) in [5, 5.41) is 15.3. The Balaban J connectivity index is 1.78. The Morgan fingerprint density at radius 3 is 2.86 bits per heavy atom. The van der Waals surface area contributed by atoms with Gasteiger partial charge in [0.2, 0.25) is 11.0 Å². The summed E-state index contributed by atoms with van der Waals surface area (Å²) in [6.07, 6.45) is 7.06. The molecule has 118 valence electrons. The Morgan fingerprint density at radius 1 is 1.38 bits per heavy atom. The minimum Gasteiger partial charge on any atom is -0.360 e. The van der Waals surface area contributed by atoms with Gasteiger partial charge in [0.1, 0.15) is 0 Å². The van der Waals surface area contributed by atoms with Crippen LogP contribution in [0.4, 0.5) is 5.13 Å². The highest BCUT2D eigenvalue weighted by molar-refractivity contribution is 8.02. The number of nitrogens with one attached hydrogen (secondary N) is 2. The van der Waals surface area contributed by atoms with E-state index < -0.39 is 0 Å². The van der Waals surface area contributed by atoms with Crippen LogP contribution in [-0.2, 0) is 4.79 Å². The second kappa shape index (κ2) is 8.58. The molecule has 0 aliphatic heterocycles. The summed E-state index contributed by atoms with van der Waals surface area (Å²) in [6, 6.07) is 0.366. The van der Waals surface area contributed by atoms with E-state index in [1.807, 2.05) is 6.92 Å². The smallest absolute Gasteiger partial charge is 0.233 e. The molecule has 1 aliphatic carbocycles. The third-order valence-corrected chi connectivity index (χ3v) is 5.60. The molecule has 5 nitrogen and oxygen atoms in total. The topological polar surface area (TPSA) is 66.9 Å². The number of carbonyl (C=O) groups is 1. The summed E-state index contributed by atoms with van der Waals surface area (Å²) in [4.78, 5) is 12.2. The van der Waals surface area contributed by atoms with Gasteiger partial charge in [0.15, 0.2) is 4.34 Å². The van der Waals surface area contributed by atoms with Gasteiger partial charge in [-0.2, -0.15) is 0 Å². The molecule has 0 radical (unpaired) electrons. The number of anilines is 1. The van der Waals surface area contributed by atoms with Gasteiger partial charge in [-0.15, -0.1) is 10.2 Å². The van der Waals surface area contributed by atoms with E-state index in [0.717, 1.165) is 35.3 Å². The Labute approximate surface area is 134 Å². The molecule has 1 saturated carbocycles. The van der Waals surface area contributed by atoms with Crippen molar-refractivity contribution in [2.75, 3.05) is 11.9 Å². The molecule has 1 aromatic heterocycles. The van der Waals surface area contributed by atoms with Crippen LogP contribution in [0.15, 0.2) is 4.34 Å². The minimum atomic E-state index is -0.126. The third kappa shape index (κ3) is 5.47. The SMILES string of the molecule is CCCNc1nnc(SC(C)C(=O)NC2CCCCC2)s1. The molecular weight excluding hydrogens is 304 g/mol. The molecule has 2 N–H and O–H groups in total. The Kier molecular flexibility index (Phi) is 6.76. The number of thioether (sulfide) groups is 1. The fourth-order valence-electron chi connectivity index (χ4n) is 2.33. The summed E-state index contributed by atoms with van der Waals surface area (Å²) in [5.74, 6) is 0.116. The van der Waals surface area contributed by atoms with Crippen LogP contribution in [0.2, 0.25) is 0 Å². The number of hydrogen-bond acceptors (Lipinski definition) is 6. The third-order valence-electron chi connectivity index (χ3n) is 3.53. The van der Waals surface area contributed by atoms with Crippen molar-refractivity contribution in [2.45, 2.75) is 68.0 Å². The number of rotatable bonds is 7. The molecule has 7 heteroatoms. The highest BCUT2D eigenvalue weighted by atomic mass is 32.2. The first-order chi connectivity index (χ1) is 10.2. The standard InChI is InChI=1S/C14H24N4OS2/c1-3-9-15-13-17-18-14(21-13)20-10(2)12(19)16-11-7-5-4-6-8-11/h10-11H,3-9H2,1-2H3,(H,15,17)(H,16,19).